The van der Waals surface area contributed by atoms with E-state index in [1.54, 1.807) is 0 Å². The van der Waals surface area contributed by atoms with Crippen molar-refractivity contribution in [3.63, 3.8) is 0 Å². The second-order valence-electron chi connectivity index (χ2n) is 6.46. The molecule has 0 aromatic heterocycles. The molecule has 1 aromatic carbocycles. The van der Waals surface area contributed by atoms with Crippen LogP contribution < -0.4 is 4.74 Å². The maximum Gasteiger partial charge on any atom is 0.173 e. The average Bonchev–Trinajstić information content (AvgIpc) is 3.01. The zero-order chi connectivity index (χ0) is 15.4. The number of ether oxygens (including phenoxy) is 3. The molecule has 4 nitrogen and oxygen atoms in total. The summed E-state index contributed by atoms with van der Waals surface area (Å²) >= 11 is 0. The summed E-state index contributed by atoms with van der Waals surface area (Å²) in [4.78, 5) is 2.51. The highest BCUT2D eigenvalue weighted by atomic mass is 16.7. The van der Waals surface area contributed by atoms with E-state index < -0.39 is 0 Å². The predicted octanol–water partition coefficient (Wildman–Crippen LogP) is 3.20. The standard InChI is InChI=1S/C18H27NO3/c1-14(2)22-16-7-5-6-15(12-16)13-19-9-4-3-8-17(19)18-20-10-11-21-18/h5-7,12,14,17-18H,3-4,8-11,13H2,1-2H3. The number of rotatable bonds is 5. The zero-order valence-corrected chi connectivity index (χ0v) is 13.7. The molecule has 2 aliphatic rings. The second-order valence-corrected chi connectivity index (χ2v) is 6.46. The number of benzene rings is 1. The van der Waals surface area contributed by atoms with Gasteiger partial charge in [0.05, 0.1) is 25.4 Å². The van der Waals surface area contributed by atoms with E-state index in [1.165, 1.54) is 18.4 Å². The molecule has 2 saturated heterocycles. The lowest BCUT2D eigenvalue weighted by Crippen LogP contribution is -2.46. The molecule has 3 rings (SSSR count). The van der Waals surface area contributed by atoms with Crippen molar-refractivity contribution in [1.29, 1.82) is 0 Å². The first-order valence-electron chi connectivity index (χ1n) is 8.45. The highest BCUT2D eigenvalue weighted by Gasteiger charge is 2.33. The van der Waals surface area contributed by atoms with Gasteiger partial charge in [-0.2, -0.15) is 0 Å². The van der Waals surface area contributed by atoms with Gasteiger partial charge < -0.3 is 14.2 Å². The molecule has 22 heavy (non-hydrogen) atoms. The van der Waals surface area contributed by atoms with Crippen molar-refractivity contribution in [2.45, 2.75) is 58.1 Å². The maximum absolute atomic E-state index is 5.80. The van der Waals surface area contributed by atoms with Crippen molar-refractivity contribution in [3.8, 4) is 5.75 Å². The van der Waals surface area contributed by atoms with Crippen molar-refractivity contribution in [3.05, 3.63) is 29.8 Å². The SMILES string of the molecule is CC(C)Oc1cccc(CN2CCCCC2C2OCCO2)c1. The number of nitrogens with zero attached hydrogens (tertiary/aromatic N) is 1. The Balaban J connectivity index is 1.67. The monoisotopic (exact) mass is 305 g/mol. The van der Waals surface area contributed by atoms with Crippen LogP contribution in [-0.4, -0.2) is 43.1 Å². The van der Waals surface area contributed by atoms with Gasteiger partial charge in [0.2, 0.25) is 0 Å². The molecule has 0 saturated carbocycles. The smallest absolute Gasteiger partial charge is 0.173 e. The molecular formula is C18H27NO3. The maximum atomic E-state index is 5.80. The van der Waals surface area contributed by atoms with Crippen LogP contribution >= 0.6 is 0 Å². The second kappa shape index (κ2) is 7.44. The predicted molar refractivity (Wildman–Crippen MR) is 85.9 cm³/mol. The summed E-state index contributed by atoms with van der Waals surface area (Å²) in [5, 5.41) is 0. The Kier molecular flexibility index (Phi) is 5.34. The molecule has 122 valence electrons. The molecule has 1 aromatic rings. The van der Waals surface area contributed by atoms with E-state index in [-0.39, 0.29) is 12.4 Å². The number of hydrogen-bond acceptors (Lipinski definition) is 4. The Morgan fingerprint density at radius 3 is 2.82 bits per heavy atom. The molecule has 4 heteroatoms. The molecule has 0 radical (unpaired) electrons. The largest absolute Gasteiger partial charge is 0.491 e. The van der Waals surface area contributed by atoms with Gasteiger partial charge in [-0.3, -0.25) is 4.90 Å². The average molecular weight is 305 g/mol. The highest BCUT2D eigenvalue weighted by Crippen LogP contribution is 2.26. The van der Waals surface area contributed by atoms with Crippen LogP contribution in [0.15, 0.2) is 24.3 Å². The van der Waals surface area contributed by atoms with E-state index in [9.17, 15) is 0 Å². The van der Waals surface area contributed by atoms with Gasteiger partial charge in [-0.15, -0.1) is 0 Å². The minimum absolute atomic E-state index is 0.0459. The fourth-order valence-electron chi connectivity index (χ4n) is 3.34. The van der Waals surface area contributed by atoms with E-state index in [4.69, 9.17) is 14.2 Å². The van der Waals surface area contributed by atoms with Crippen LogP contribution in [0.1, 0.15) is 38.7 Å². The van der Waals surface area contributed by atoms with E-state index in [0.717, 1.165) is 38.5 Å². The fraction of sp³-hybridized carbons (Fsp3) is 0.667. The third-order valence-corrected chi connectivity index (χ3v) is 4.28. The molecule has 0 N–H and O–H groups in total. The molecule has 0 bridgehead atoms. The van der Waals surface area contributed by atoms with Crippen LogP contribution in [0.4, 0.5) is 0 Å². The highest BCUT2D eigenvalue weighted by molar-refractivity contribution is 5.28. The van der Waals surface area contributed by atoms with Gasteiger partial charge in [0, 0.05) is 6.54 Å². The first-order chi connectivity index (χ1) is 10.7. The fourth-order valence-corrected chi connectivity index (χ4v) is 3.34. The molecule has 2 fully saturated rings. The summed E-state index contributed by atoms with van der Waals surface area (Å²) in [6, 6.07) is 8.82. The van der Waals surface area contributed by atoms with Crippen LogP contribution in [0.25, 0.3) is 0 Å². The first-order valence-corrected chi connectivity index (χ1v) is 8.45. The molecule has 2 aliphatic heterocycles. The summed E-state index contributed by atoms with van der Waals surface area (Å²) in [6.07, 6.45) is 3.84. The normalized spacial score (nSPS) is 24.0. The van der Waals surface area contributed by atoms with Gasteiger partial charge in [-0.05, 0) is 50.9 Å². The van der Waals surface area contributed by atoms with Gasteiger partial charge in [0.1, 0.15) is 5.75 Å². The Morgan fingerprint density at radius 1 is 1.23 bits per heavy atom. The summed E-state index contributed by atoms with van der Waals surface area (Å²) in [5.74, 6) is 0.953. The Hall–Kier alpha value is -1.10. The number of likely N-dealkylation sites (tertiary alicyclic amines) is 1. The minimum Gasteiger partial charge on any atom is -0.491 e. The molecule has 0 spiro atoms. The Labute approximate surface area is 133 Å². The first kappa shape index (κ1) is 15.8. The van der Waals surface area contributed by atoms with Crippen LogP contribution in [0.3, 0.4) is 0 Å². The molecule has 1 atom stereocenters. The van der Waals surface area contributed by atoms with Crippen molar-refractivity contribution in [1.82, 2.24) is 4.90 Å². The topological polar surface area (TPSA) is 30.9 Å². The molecule has 1 unspecified atom stereocenters. The van der Waals surface area contributed by atoms with Crippen LogP contribution in [0.2, 0.25) is 0 Å². The van der Waals surface area contributed by atoms with Crippen LogP contribution in [0.5, 0.6) is 5.75 Å². The van der Waals surface area contributed by atoms with E-state index >= 15 is 0 Å². The lowest BCUT2D eigenvalue weighted by Gasteiger charge is -2.38. The van der Waals surface area contributed by atoms with Crippen LogP contribution in [-0.2, 0) is 16.0 Å². The summed E-state index contributed by atoms with van der Waals surface area (Å²) in [6.45, 7) is 7.62. The lowest BCUT2D eigenvalue weighted by molar-refractivity contribution is -0.111. The summed E-state index contributed by atoms with van der Waals surface area (Å²) in [7, 11) is 0. The third kappa shape index (κ3) is 4.00. The van der Waals surface area contributed by atoms with E-state index in [0.29, 0.717) is 6.04 Å². The minimum atomic E-state index is -0.0459. The van der Waals surface area contributed by atoms with Gasteiger partial charge >= 0.3 is 0 Å². The molecule has 0 amide bonds. The molecular weight excluding hydrogens is 278 g/mol. The van der Waals surface area contributed by atoms with Crippen molar-refractivity contribution in [2.24, 2.45) is 0 Å². The Bertz CT molecular complexity index is 471. The van der Waals surface area contributed by atoms with Crippen LogP contribution in [0, 0.1) is 0 Å². The lowest BCUT2D eigenvalue weighted by atomic mass is 10.0. The van der Waals surface area contributed by atoms with Crippen molar-refractivity contribution < 1.29 is 14.2 Å². The Morgan fingerprint density at radius 2 is 2.05 bits per heavy atom. The van der Waals surface area contributed by atoms with Crippen molar-refractivity contribution in [2.75, 3.05) is 19.8 Å². The number of hydrogen-bond donors (Lipinski definition) is 0. The van der Waals surface area contributed by atoms with Crippen molar-refractivity contribution >= 4 is 0 Å². The molecule has 2 heterocycles. The summed E-state index contributed by atoms with van der Waals surface area (Å²) in [5.41, 5.74) is 1.29. The quantitative estimate of drug-likeness (QED) is 0.836. The summed E-state index contributed by atoms with van der Waals surface area (Å²) < 4.78 is 17.3. The van der Waals surface area contributed by atoms with Gasteiger partial charge in [-0.25, -0.2) is 0 Å². The third-order valence-electron chi connectivity index (χ3n) is 4.28. The molecule has 0 aliphatic carbocycles. The zero-order valence-electron chi connectivity index (χ0n) is 13.7. The van der Waals surface area contributed by atoms with E-state index in [1.807, 2.05) is 6.07 Å². The van der Waals surface area contributed by atoms with E-state index in [2.05, 4.69) is 36.9 Å². The van der Waals surface area contributed by atoms with Gasteiger partial charge in [-0.1, -0.05) is 18.6 Å². The van der Waals surface area contributed by atoms with Gasteiger partial charge in [0.15, 0.2) is 6.29 Å². The van der Waals surface area contributed by atoms with Gasteiger partial charge in [0.25, 0.3) is 0 Å². The number of piperidine rings is 1.